The van der Waals surface area contributed by atoms with Crippen LogP contribution in [0, 0.1) is 5.82 Å². The van der Waals surface area contributed by atoms with Crippen LogP contribution in [0.1, 0.15) is 46.5 Å². The van der Waals surface area contributed by atoms with Crippen molar-refractivity contribution >= 4 is 44.7 Å². The lowest BCUT2D eigenvalue weighted by atomic mass is 10.1. The third-order valence-electron chi connectivity index (χ3n) is 6.64. The van der Waals surface area contributed by atoms with E-state index < -0.39 is 23.3 Å². The van der Waals surface area contributed by atoms with Crippen molar-refractivity contribution in [1.82, 2.24) is 34.8 Å². The molecule has 1 aliphatic rings. The van der Waals surface area contributed by atoms with Gasteiger partial charge in [-0.1, -0.05) is 24.3 Å². The van der Waals surface area contributed by atoms with Crippen LogP contribution < -0.4 is 21.9 Å². The molecule has 2 amide bonds. The van der Waals surface area contributed by atoms with E-state index in [1.807, 2.05) is 13.0 Å². The van der Waals surface area contributed by atoms with Crippen LogP contribution in [-0.2, 0) is 11.3 Å². The Kier molecular flexibility index (Phi) is 6.30. The first kappa shape index (κ1) is 25.3. The fraction of sp³-hybridized carbons (Fsp3) is 0.192. The average molecular weight is 560 g/mol. The van der Waals surface area contributed by atoms with E-state index in [0.717, 1.165) is 19.6 Å². The zero-order chi connectivity index (χ0) is 28.0. The number of hydrogen-bond acceptors (Lipinski definition) is 9. The molecule has 4 aromatic heterocycles. The van der Waals surface area contributed by atoms with Gasteiger partial charge in [-0.25, -0.2) is 19.0 Å². The molecular formula is C26H22FN9O3S. The largest absolute Gasteiger partial charge is 0.384 e. The van der Waals surface area contributed by atoms with Gasteiger partial charge in [0.15, 0.2) is 5.69 Å². The van der Waals surface area contributed by atoms with Crippen LogP contribution in [0.5, 0.6) is 0 Å². The molecule has 0 fully saturated rings. The van der Waals surface area contributed by atoms with Gasteiger partial charge in [0.1, 0.15) is 34.9 Å². The lowest BCUT2D eigenvalue weighted by Gasteiger charge is -2.15. The number of rotatable bonds is 6. The molecule has 2 atom stereocenters. The number of hydrogen-bond donors (Lipinski definition) is 3. The second-order valence-corrected chi connectivity index (χ2v) is 10.6. The Morgan fingerprint density at radius 2 is 2.02 bits per heavy atom. The van der Waals surface area contributed by atoms with Crippen LogP contribution in [0.3, 0.4) is 0 Å². The molecule has 0 spiro atoms. The SMILES string of the molecule is C[C@@H]1C[C@@H](C(=O)NCc2cc3cnc(N)cc3s2)n2c1ncc(NC(=O)c1cn(-c3ccccc3F)nn1)c2=O. The number of nitrogens with zero attached hydrogens (tertiary/aromatic N) is 6. The fourth-order valence-corrected chi connectivity index (χ4v) is 5.72. The molecule has 0 saturated heterocycles. The predicted molar refractivity (Wildman–Crippen MR) is 146 cm³/mol. The van der Waals surface area contributed by atoms with E-state index in [1.165, 1.54) is 46.5 Å². The molecule has 0 radical (unpaired) electrons. The highest BCUT2D eigenvalue weighted by molar-refractivity contribution is 7.19. The van der Waals surface area contributed by atoms with Gasteiger partial charge in [-0.3, -0.25) is 19.0 Å². The van der Waals surface area contributed by atoms with Crippen LogP contribution in [0.25, 0.3) is 15.8 Å². The molecule has 0 bridgehead atoms. The number of pyridine rings is 1. The van der Waals surface area contributed by atoms with E-state index in [9.17, 15) is 18.8 Å². The summed E-state index contributed by atoms with van der Waals surface area (Å²) in [5.41, 5.74) is 5.07. The first-order valence-corrected chi connectivity index (χ1v) is 13.1. The fourth-order valence-electron chi connectivity index (χ4n) is 4.70. The number of halogens is 1. The average Bonchev–Trinajstić information content (AvgIpc) is 3.66. The molecule has 40 heavy (non-hydrogen) atoms. The van der Waals surface area contributed by atoms with Crippen molar-refractivity contribution in [2.45, 2.75) is 31.8 Å². The van der Waals surface area contributed by atoms with Crippen molar-refractivity contribution in [1.29, 1.82) is 0 Å². The summed E-state index contributed by atoms with van der Waals surface area (Å²) in [6.45, 7) is 2.16. The molecule has 0 saturated carbocycles. The molecule has 5 heterocycles. The van der Waals surface area contributed by atoms with Gasteiger partial charge in [-0.2, -0.15) is 0 Å². The summed E-state index contributed by atoms with van der Waals surface area (Å²) in [5.74, 6) is -0.863. The number of amides is 2. The second-order valence-electron chi connectivity index (χ2n) is 9.39. The Labute approximate surface area is 229 Å². The van der Waals surface area contributed by atoms with Gasteiger partial charge in [-0.05, 0) is 30.7 Å². The summed E-state index contributed by atoms with van der Waals surface area (Å²) >= 11 is 1.50. The van der Waals surface area contributed by atoms with Gasteiger partial charge in [0, 0.05) is 27.1 Å². The first-order chi connectivity index (χ1) is 19.3. The maximum atomic E-state index is 14.1. The Balaban J connectivity index is 1.20. The van der Waals surface area contributed by atoms with Crippen LogP contribution >= 0.6 is 11.3 Å². The molecule has 202 valence electrons. The number of nitrogens with two attached hydrogens (primary N) is 1. The number of thiophene rings is 1. The summed E-state index contributed by atoms with van der Waals surface area (Å²) in [6, 6.07) is 8.82. The Hall–Kier alpha value is -4.98. The number of benzene rings is 1. The molecule has 4 N–H and O–H groups in total. The zero-order valence-electron chi connectivity index (χ0n) is 21.0. The highest BCUT2D eigenvalue weighted by Crippen LogP contribution is 2.33. The maximum absolute atomic E-state index is 14.1. The monoisotopic (exact) mass is 559 g/mol. The summed E-state index contributed by atoms with van der Waals surface area (Å²) < 4.78 is 17.5. The smallest absolute Gasteiger partial charge is 0.278 e. The van der Waals surface area contributed by atoms with E-state index in [4.69, 9.17) is 5.73 Å². The molecule has 12 nitrogen and oxygen atoms in total. The highest BCUT2D eigenvalue weighted by atomic mass is 32.1. The lowest BCUT2D eigenvalue weighted by Crippen LogP contribution is -2.36. The number of para-hydroxylation sites is 1. The summed E-state index contributed by atoms with van der Waals surface area (Å²) in [5, 5.41) is 13.9. The summed E-state index contributed by atoms with van der Waals surface area (Å²) in [4.78, 5) is 48.8. The van der Waals surface area contributed by atoms with Crippen LogP contribution in [0.15, 0.2) is 59.8 Å². The number of carbonyl (C=O) groups excluding carboxylic acids is 2. The van der Waals surface area contributed by atoms with Gasteiger partial charge in [0.2, 0.25) is 5.91 Å². The topological polar surface area (TPSA) is 163 Å². The van der Waals surface area contributed by atoms with E-state index in [2.05, 4.69) is 30.9 Å². The molecule has 0 unspecified atom stereocenters. The Morgan fingerprint density at radius 1 is 1.20 bits per heavy atom. The normalized spacial score (nSPS) is 16.1. The van der Waals surface area contributed by atoms with Gasteiger partial charge in [0.05, 0.1) is 18.9 Å². The van der Waals surface area contributed by atoms with Gasteiger partial charge in [-0.15, -0.1) is 16.4 Å². The lowest BCUT2D eigenvalue weighted by molar-refractivity contribution is -0.124. The van der Waals surface area contributed by atoms with Gasteiger partial charge >= 0.3 is 0 Å². The first-order valence-electron chi connectivity index (χ1n) is 12.3. The van der Waals surface area contributed by atoms with Crippen molar-refractivity contribution in [2.24, 2.45) is 0 Å². The quantitative estimate of drug-likeness (QED) is 0.286. The summed E-state index contributed by atoms with van der Waals surface area (Å²) in [6.07, 6.45) is 4.59. The minimum atomic E-state index is -0.796. The van der Waals surface area contributed by atoms with Crippen molar-refractivity contribution < 1.29 is 14.0 Å². The van der Waals surface area contributed by atoms with Crippen molar-refractivity contribution in [3.8, 4) is 5.69 Å². The van der Waals surface area contributed by atoms with Crippen LogP contribution in [0.2, 0.25) is 0 Å². The zero-order valence-corrected chi connectivity index (χ0v) is 21.9. The second kappa shape index (κ2) is 9.96. The van der Waals surface area contributed by atoms with Crippen LogP contribution in [0.4, 0.5) is 15.9 Å². The standard InChI is InChI=1S/C26H22FN9O3S/c1-13-6-20(25(38)31-10-15-7-14-9-29-22(28)8-21(14)40-15)36-23(13)30-11-17(26(36)39)32-24(37)18-12-35(34-33-18)19-5-3-2-4-16(19)27/h2-5,7-9,11-13,20H,6,10H2,1H3,(H2,28,29)(H,31,38)(H,32,37)/t13-,20+/m1/s1. The minimum Gasteiger partial charge on any atom is -0.384 e. The molecule has 6 rings (SSSR count). The number of carbonyl (C=O) groups is 2. The van der Waals surface area contributed by atoms with Gasteiger partial charge in [0.25, 0.3) is 11.5 Å². The van der Waals surface area contributed by atoms with E-state index >= 15 is 0 Å². The third-order valence-corrected chi connectivity index (χ3v) is 7.74. The Bertz CT molecular complexity index is 1850. The molecule has 5 aromatic rings. The number of fused-ring (bicyclic) bond motifs is 2. The van der Waals surface area contributed by atoms with E-state index in [0.29, 0.717) is 18.1 Å². The molecule has 14 heteroatoms. The number of aromatic nitrogens is 6. The third kappa shape index (κ3) is 4.58. The molecule has 0 aliphatic carbocycles. The van der Waals surface area contributed by atoms with Crippen molar-refractivity contribution in [3.05, 3.63) is 87.6 Å². The highest BCUT2D eigenvalue weighted by Gasteiger charge is 2.36. The summed E-state index contributed by atoms with van der Waals surface area (Å²) in [7, 11) is 0. The van der Waals surface area contributed by atoms with Gasteiger partial charge < -0.3 is 16.4 Å². The predicted octanol–water partition coefficient (Wildman–Crippen LogP) is 2.77. The van der Waals surface area contributed by atoms with E-state index in [-0.39, 0.29) is 35.4 Å². The minimum absolute atomic E-state index is 0.115. The van der Waals surface area contributed by atoms with Crippen LogP contribution in [-0.4, -0.2) is 41.3 Å². The maximum Gasteiger partial charge on any atom is 0.278 e. The van der Waals surface area contributed by atoms with E-state index in [1.54, 1.807) is 18.3 Å². The number of nitrogen functional groups attached to an aromatic ring is 1. The number of nitrogens with one attached hydrogen (secondary N) is 2. The molecule has 1 aliphatic heterocycles. The number of anilines is 2. The van der Waals surface area contributed by atoms with Crippen molar-refractivity contribution in [2.75, 3.05) is 11.1 Å². The Morgan fingerprint density at radius 3 is 2.85 bits per heavy atom. The van der Waals surface area contributed by atoms with Crippen molar-refractivity contribution in [3.63, 3.8) is 0 Å². The molecular weight excluding hydrogens is 537 g/mol. The molecule has 1 aromatic carbocycles.